The van der Waals surface area contributed by atoms with Crippen molar-refractivity contribution in [1.82, 2.24) is 10.3 Å². The van der Waals surface area contributed by atoms with Crippen LogP contribution in [0.25, 0.3) is 22.3 Å². The summed E-state index contributed by atoms with van der Waals surface area (Å²) in [7, 11) is 2.90. The van der Waals surface area contributed by atoms with Crippen molar-refractivity contribution in [2.75, 3.05) is 14.2 Å². The highest BCUT2D eigenvalue weighted by molar-refractivity contribution is 6.29. The summed E-state index contributed by atoms with van der Waals surface area (Å²) in [4.78, 5) is 42.8. The van der Waals surface area contributed by atoms with Gasteiger partial charge in [-0.25, -0.2) is 9.59 Å². The Morgan fingerprint density at radius 3 is 1.15 bits per heavy atom. The average Bonchev–Trinajstić information content (AvgIpc) is 4.23. The molecule has 6 unspecified atom stereocenters. The lowest BCUT2D eigenvalue weighted by Gasteiger charge is -2.30. The van der Waals surface area contributed by atoms with E-state index in [1.165, 1.54) is 107 Å². The number of benzene rings is 4. The van der Waals surface area contributed by atoms with E-state index in [0.29, 0.717) is 23.0 Å². The van der Waals surface area contributed by atoms with E-state index >= 15 is 0 Å². The minimum Gasteiger partial charge on any atom is -0.465 e. The molecule has 8 aliphatic rings. The zero-order chi connectivity index (χ0) is 50.2. The fraction of sp³-hybridized carbons (Fsp3) is 0.394. The third-order valence-electron chi connectivity index (χ3n) is 18.4. The number of aliphatic imine (C=N–C) groups is 2. The molecule has 1 saturated heterocycles. The molecule has 5 aliphatic carbocycles. The summed E-state index contributed by atoms with van der Waals surface area (Å²) in [5.41, 5.74) is 25.5. The van der Waals surface area contributed by atoms with Crippen molar-refractivity contribution < 1.29 is 19.1 Å². The first-order chi connectivity index (χ1) is 36.3. The summed E-state index contributed by atoms with van der Waals surface area (Å²) in [5, 5.41) is 4.45. The molecule has 5 aromatic rings. The van der Waals surface area contributed by atoms with Crippen LogP contribution in [0.4, 0.5) is 0 Å². The van der Waals surface area contributed by atoms with Gasteiger partial charge in [-0.3, -0.25) is 9.98 Å². The molecule has 0 radical (unpaired) electrons. The van der Waals surface area contributed by atoms with Crippen LogP contribution in [0.1, 0.15) is 167 Å². The first-order valence-corrected chi connectivity index (χ1v) is 28.0. The number of allylic oxidation sites excluding steroid dienone is 6. The topological polar surface area (TPSA) is 105 Å². The van der Waals surface area contributed by atoms with Gasteiger partial charge in [0.1, 0.15) is 0 Å². The SMILES string of the molecule is COC(=O)c1ccc(/C2=C3N=C(/C(c4ccc(C)cc4)=C4\N/C(=C(/c5ccc(C)cc5)C5=N/C(=C(/c6ccc(C(=O)OC)cc6)c6[nH]c2c2c6CCCC2)C2CCCCC52)C2CCCCC42)C2CCCCC/32)cc1. The summed E-state index contributed by atoms with van der Waals surface area (Å²) >= 11 is 0. The van der Waals surface area contributed by atoms with E-state index < -0.39 is 0 Å². The maximum atomic E-state index is 13.0. The van der Waals surface area contributed by atoms with E-state index in [0.717, 1.165) is 122 Å². The maximum Gasteiger partial charge on any atom is 0.337 e. The van der Waals surface area contributed by atoms with Gasteiger partial charge < -0.3 is 19.8 Å². The third-order valence-corrected chi connectivity index (χ3v) is 18.4. The fourth-order valence-corrected chi connectivity index (χ4v) is 14.9. The lowest BCUT2D eigenvalue weighted by atomic mass is 9.71. The number of hydrogen-bond acceptors (Lipinski definition) is 7. The molecule has 376 valence electrons. The maximum absolute atomic E-state index is 13.0. The largest absolute Gasteiger partial charge is 0.465 e. The number of aryl methyl sites for hydroxylation is 2. The molecule has 4 fully saturated rings. The molecule has 74 heavy (non-hydrogen) atoms. The second kappa shape index (κ2) is 19.2. The van der Waals surface area contributed by atoms with Gasteiger partial charge in [0.25, 0.3) is 0 Å². The fourth-order valence-electron chi connectivity index (χ4n) is 14.9. The van der Waals surface area contributed by atoms with Crippen molar-refractivity contribution in [3.8, 4) is 0 Å². The van der Waals surface area contributed by atoms with E-state index in [9.17, 15) is 9.59 Å². The van der Waals surface area contributed by atoms with Crippen LogP contribution in [0.5, 0.6) is 0 Å². The van der Waals surface area contributed by atoms with E-state index in [2.05, 4.69) is 96.9 Å². The molecule has 13 rings (SSSR count). The predicted molar refractivity (Wildman–Crippen MR) is 296 cm³/mol. The third kappa shape index (κ3) is 7.83. The molecular formula is C66H68N4O4. The second-order valence-electron chi connectivity index (χ2n) is 22.6. The van der Waals surface area contributed by atoms with Gasteiger partial charge in [0, 0.05) is 69.2 Å². The number of carbonyl (C=O) groups is 2. The zero-order valence-corrected chi connectivity index (χ0v) is 43.5. The Morgan fingerprint density at radius 1 is 0.432 bits per heavy atom. The van der Waals surface area contributed by atoms with Gasteiger partial charge in [-0.1, -0.05) is 122 Å². The van der Waals surface area contributed by atoms with Gasteiger partial charge in [0.15, 0.2) is 0 Å². The molecule has 1 aromatic heterocycles. The van der Waals surface area contributed by atoms with Crippen molar-refractivity contribution >= 4 is 45.7 Å². The van der Waals surface area contributed by atoms with Crippen LogP contribution in [0.3, 0.4) is 0 Å². The quantitative estimate of drug-likeness (QED) is 0.165. The number of H-pyrrole nitrogens is 1. The van der Waals surface area contributed by atoms with Crippen molar-refractivity contribution in [2.24, 2.45) is 45.5 Å². The lowest BCUT2D eigenvalue weighted by Crippen LogP contribution is -2.26. The van der Waals surface area contributed by atoms with Crippen molar-refractivity contribution in [3.05, 3.63) is 187 Å². The molecule has 2 N–H and O–H groups in total. The van der Waals surface area contributed by atoms with E-state index in [-0.39, 0.29) is 35.6 Å². The predicted octanol–water partition coefficient (Wildman–Crippen LogP) is 14.4. The van der Waals surface area contributed by atoms with Gasteiger partial charge in [-0.15, -0.1) is 0 Å². The van der Waals surface area contributed by atoms with Crippen LogP contribution in [-0.4, -0.2) is 42.6 Å². The molecule has 6 atom stereocenters. The average molecular weight is 981 g/mol. The Bertz CT molecular complexity index is 3070. The highest BCUT2D eigenvalue weighted by atomic mass is 16.5. The summed E-state index contributed by atoms with van der Waals surface area (Å²) in [5.74, 6) is 0.867. The van der Waals surface area contributed by atoms with Crippen molar-refractivity contribution in [1.29, 1.82) is 0 Å². The standard InChI is InChI=1S/C66H68N4O4/c1-37-21-25-39(26-22-37)53-57-45-13-5-6-14-46(45)58(67-57)54(40-27-23-38(2)24-28-40)60-48-16-8-10-18-50(48)62(69-60)56(42-31-35-44(36-32-42)66(72)74-4)64-52-20-12-11-19-51(52)63(70-64)55(41-29-33-43(34-30-41)65(71)73-3)61-49-17-9-7-15-47(49)59(53)68-61/h21-36,45-50,67,70H,5-20H2,1-4H3/b57-53-,58-54-,61-55-,62-56-. The number of aromatic nitrogens is 1. The molecule has 3 aliphatic heterocycles. The molecule has 0 spiro atoms. The van der Waals surface area contributed by atoms with E-state index in [1.54, 1.807) is 0 Å². The number of aromatic amines is 1. The van der Waals surface area contributed by atoms with E-state index in [4.69, 9.17) is 19.5 Å². The Morgan fingerprint density at radius 2 is 0.770 bits per heavy atom. The molecule has 8 nitrogen and oxygen atoms in total. The van der Waals surface area contributed by atoms with Crippen LogP contribution in [0, 0.1) is 49.4 Å². The summed E-state index contributed by atoms with van der Waals surface area (Å²) in [6, 6.07) is 34.9. The first-order valence-electron chi connectivity index (χ1n) is 28.0. The van der Waals surface area contributed by atoms with Crippen LogP contribution < -0.4 is 5.32 Å². The number of rotatable bonds is 6. The Balaban J connectivity index is 1.20. The summed E-state index contributed by atoms with van der Waals surface area (Å²) in [6.45, 7) is 4.39. The van der Waals surface area contributed by atoms with Gasteiger partial charge in [0.05, 0.1) is 59.6 Å². The van der Waals surface area contributed by atoms with Gasteiger partial charge in [-0.2, -0.15) is 0 Å². The zero-order valence-electron chi connectivity index (χ0n) is 43.5. The number of carbonyl (C=O) groups excluding carboxylic acids is 2. The van der Waals surface area contributed by atoms with Crippen LogP contribution in [0.2, 0.25) is 0 Å². The first kappa shape index (κ1) is 46.9. The van der Waals surface area contributed by atoms with Crippen LogP contribution in [0.15, 0.2) is 130 Å². The molecule has 8 bridgehead atoms. The Kier molecular flexibility index (Phi) is 12.2. The highest BCUT2D eigenvalue weighted by Gasteiger charge is 2.49. The van der Waals surface area contributed by atoms with Crippen molar-refractivity contribution in [2.45, 2.75) is 117 Å². The van der Waals surface area contributed by atoms with Crippen LogP contribution >= 0.6 is 0 Å². The number of nitrogens with zero attached hydrogens (tertiary/aromatic N) is 2. The Labute approximate surface area is 436 Å². The second-order valence-corrected chi connectivity index (χ2v) is 22.6. The minimum absolute atomic E-state index is 0.215. The summed E-state index contributed by atoms with van der Waals surface area (Å²) < 4.78 is 10.5. The molecule has 4 aromatic carbocycles. The highest BCUT2D eigenvalue weighted by Crippen LogP contribution is 2.56. The van der Waals surface area contributed by atoms with Gasteiger partial charge in [0.2, 0.25) is 0 Å². The summed E-state index contributed by atoms with van der Waals surface area (Å²) in [6.07, 6.45) is 17.7. The smallest absolute Gasteiger partial charge is 0.337 e. The number of ether oxygens (including phenoxy) is 2. The molecule has 4 heterocycles. The number of esters is 2. The molecule has 8 heteroatoms. The normalized spacial score (nSPS) is 29.0. The Hall–Kier alpha value is -6.80. The van der Waals surface area contributed by atoms with Gasteiger partial charge in [-0.05, 0) is 136 Å². The minimum atomic E-state index is -0.342. The molecule has 3 saturated carbocycles. The van der Waals surface area contributed by atoms with Crippen LogP contribution in [-0.2, 0) is 22.3 Å². The molecule has 0 amide bonds. The number of nitrogens with one attached hydrogen (secondary N) is 2. The molecular weight excluding hydrogens is 913 g/mol. The lowest BCUT2D eigenvalue weighted by molar-refractivity contribution is 0.0592. The monoisotopic (exact) mass is 981 g/mol. The van der Waals surface area contributed by atoms with Crippen molar-refractivity contribution in [3.63, 3.8) is 0 Å². The van der Waals surface area contributed by atoms with E-state index in [1.807, 2.05) is 24.3 Å². The number of methoxy groups -OCH3 is 2. The number of hydrogen-bond donors (Lipinski definition) is 2. The van der Waals surface area contributed by atoms with Gasteiger partial charge >= 0.3 is 11.9 Å².